The molecule has 26 nitrogen and oxygen atoms in total. The van der Waals surface area contributed by atoms with Crippen LogP contribution in [-0.4, -0.2) is 102 Å². The maximum Gasteiger partial charge on any atom is 0.335 e. The van der Waals surface area contributed by atoms with Crippen LogP contribution in [0.2, 0.25) is 0 Å². The first-order valence-electron chi connectivity index (χ1n) is 44.2. The predicted octanol–water partition coefficient (Wildman–Crippen LogP) is 27.6. The standard InChI is InChI=1S/C23H24N2O3.C22H24N2O3.2C18H22N2O3.C17H20N2O3.C4H4O.C4H4S/c1-2-3-14-24-20-15-17(23(26)27)16-21(25-18-10-6-4-7-11-18)22(20)28-19-12-8-5-9-13-19;1-2-3-13-23-19-14-16(22(25)26)15-20(24-17-9-7-8-10-17)21(19)27-18-11-5-4-6-12-18;2*1-3-4-10-20-16-12-13(18(21)22)11-15(19-2)17(16)23-14-8-6-5-7-9-14;1-2-3-9-19-15-11-12(17(20)21)10-14(18)16(15)22-13-7-5-4-6-8-13;2*1-2-4-5-3-1/h4-13,15-16,24-25H,2-3,14H2,1H3,(H,26,27);4-9,11-12,14-15,23-24H,2-3,10,13H2,1H3,(H,25,26);2*5-9,11-12,19-20H,3-4,10H2,1-2H3,(H,21,22);4-8,10-11,19H,2-3,9,18H2,1H3,(H,20,21);2*1-4H. The predicted molar refractivity (Wildman–Crippen MR) is 538 cm³/mol. The lowest BCUT2D eigenvalue weighted by atomic mass is 10.1. The quantitative estimate of drug-likeness (QED) is 0.0125. The Morgan fingerprint density at radius 1 is 0.331 bits per heavy atom. The van der Waals surface area contributed by atoms with Gasteiger partial charge in [0.1, 0.15) is 28.7 Å². The van der Waals surface area contributed by atoms with Crippen LogP contribution in [0.25, 0.3) is 0 Å². The lowest BCUT2D eigenvalue weighted by molar-refractivity contribution is 0.0686. The number of para-hydroxylation sites is 6. The molecule has 0 spiro atoms. The van der Waals surface area contributed by atoms with Gasteiger partial charge in [-0.3, -0.25) is 0 Å². The molecule has 0 fully saturated rings. The number of anilines is 11. The van der Waals surface area contributed by atoms with E-state index in [4.69, 9.17) is 34.5 Å². The van der Waals surface area contributed by atoms with Gasteiger partial charge < -0.3 is 107 Å². The van der Waals surface area contributed by atoms with Crippen molar-refractivity contribution in [1.29, 1.82) is 0 Å². The monoisotopic (exact) mass is 1820 g/mol. The highest BCUT2D eigenvalue weighted by Gasteiger charge is 2.23. The number of carbonyl (C=O) groups is 5. The minimum Gasteiger partial charge on any atom is -0.478 e. The number of furan rings is 1. The third-order valence-electron chi connectivity index (χ3n) is 19.3. The van der Waals surface area contributed by atoms with Gasteiger partial charge >= 0.3 is 29.8 Å². The number of rotatable bonds is 41. The van der Waals surface area contributed by atoms with Gasteiger partial charge in [0.25, 0.3) is 0 Å². The largest absolute Gasteiger partial charge is 0.478 e. The van der Waals surface area contributed by atoms with Crippen molar-refractivity contribution in [2.45, 2.75) is 105 Å². The van der Waals surface area contributed by atoms with Gasteiger partial charge in [0.15, 0.2) is 28.7 Å². The molecular formula is C106H120N10O16S. The number of hydrogen-bond donors (Lipinski definition) is 15. The summed E-state index contributed by atoms with van der Waals surface area (Å²) in [6, 6.07) is 80.1. The van der Waals surface area contributed by atoms with Crippen LogP contribution in [-0.2, 0) is 0 Å². The van der Waals surface area contributed by atoms with Crippen LogP contribution in [0, 0.1) is 0 Å². The SMILES string of the molecule is CCCCNc1cc(C(=O)O)cc(N)c1Oc1ccccc1.CCCCNc1cc(C(=O)O)cc(NC)c1Oc1ccccc1.CCCCNc1cc(C(=O)O)cc(NC)c1Oc1ccccc1.CCCCNc1cc(C(=O)O)cc(NC2=CC=CC2)c1Oc1ccccc1.CCCCNc1cc(C(=O)O)cc(Nc2ccccc2)c1Oc1ccccc1.c1ccoc1.c1ccsc1. The van der Waals surface area contributed by atoms with E-state index in [1.807, 2.05) is 235 Å². The lowest BCUT2D eigenvalue weighted by Gasteiger charge is -2.19. The van der Waals surface area contributed by atoms with Crippen molar-refractivity contribution < 1.29 is 77.6 Å². The van der Waals surface area contributed by atoms with Crippen molar-refractivity contribution in [3.05, 3.63) is 342 Å². The van der Waals surface area contributed by atoms with E-state index in [2.05, 4.69) is 86.9 Å². The van der Waals surface area contributed by atoms with E-state index in [0.717, 1.165) is 115 Å². The van der Waals surface area contributed by atoms with Gasteiger partial charge in [-0.2, -0.15) is 11.3 Å². The fourth-order valence-corrected chi connectivity index (χ4v) is 12.9. The van der Waals surface area contributed by atoms with E-state index in [-0.39, 0.29) is 27.8 Å². The van der Waals surface area contributed by atoms with Gasteiger partial charge in [-0.15, -0.1) is 0 Å². The Morgan fingerprint density at radius 3 is 0.850 bits per heavy atom. The molecule has 27 heteroatoms. The molecule has 0 unspecified atom stereocenters. The minimum atomic E-state index is -1.02. The average molecular weight is 1820 g/mol. The van der Waals surface area contributed by atoms with E-state index >= 15 is 0 Å². The van der Waals surface area contributed by atoms with Crippen LogP contribution in [0.5, 0.6) is 57.5 Å². The van der Waals surface area contributed by atoms with Crippen LogP contribution < -0.4 is 77.3 Å². The Balaban J connectivity index is 0.000000199. The highest BCUT2D eigenvalue weighted by molar-refractivity contribution is 7.07. The maximum atomic E-state index is 11.7. The number of ether oxygens (including phenoxy) is 5. The molecule has 696 valence electrons. The smallest absolute Gasteiger partial charge is 0.335 e. The second kappa shape index (κ2) is 57.9. The number of nitrogens with one attached hydrogen (secondary N) is 9. The number of nitrogens with two attached hydrogens (primary N) is 1. The normalized spacial score (nSPS) is 10.5. The van der Waals surface area contributed by atoms with Crippen LogP contribution in [0.1, 0.15) is 157 Å². The first-order chi connectivity index (χ1) is 64.8. The summed E-state index contributed by atoms with van der Waals surface area (Å²) in [5.41, 5.74) is 14.8. The molecule has 2 aromatic heterocycles. The number of nitrogen functional groups attached to an aromatic ring is 1. The molecular weight excluding hydrogens is 1700 g/mol. The summed E-state index contributed by atoms with van der Waals surface area (Å²) in [6.45, 7) is 14.2. The Labute approximate surface area is 782 Å². The van der Waals surface area contributed by atoms with E-state index in [0.29, 0.717) is 114 Å². The topological polar surface area (TPSA) is 380 Å². The number of hydrogen-bond acceptors (Lipinski definition) is 22. The summed E-state index contributed by atoms with van der Waals surface area (Å²) in [7, 11) is 3.49. The van der Waals surface area contributed by atoms with E-state index < -0.39 is 29.8 Å². The molecule has 0 bridgehead atoms. The summed E-state index contributed by atoms with van der Waals surface area (Å²) < 4.78 is 34.7. The van der Waals surface area contributed by atoms with Crippen molar-refractivity contribution in [3.8, 4) is 57.5 Å². The third kappa shape index (κ3) is 35.7. The van der Waals surface area contributed by atoms with Crippen molar-refractivity contribution >= 4 is 104 Å². The highest BCUT2D eigenvalue weighted by Crippen LogP contribution is 2.45. The molecule has 11 aromatic carbocycles. The molecule has 16 N–H and O–H groups in total. The number of benzene rings is 11. The molecule has 2 heterocycles. The van der Waals surface area contributed by atoms with Crippen LogP contribution in [0.3, 0.4) is 0 Å². The molecule has 1 aliphatic rings. The zero-order valence-electron chi connectivity index (χ0n) is 76.0. The van der Waals surface area contributed by atoms with Gasteiger partial charge in [-0.25, -0.2) is 24.0 Å². The number of aromatic carboxylic acids is 5. The molecule has 0 atom stereocenters. The fraction of sp³-hybridized carbons (Fsp3) is 0.217. The molecule has 14 rings (SSSR count). The van der Waals surface area contributed by atoms with Gasteiger partial charge in [0.05, 0.1) is 97.2 Å². The number of carboxylic acid groups (broad SMARTS) is 5. The third-order valence-corrected chi connectivity index (χ3v) is 19.9. The molecule has 0 saturated carbocycles. The Morgan fingerprint density at radius 2 is 0.594 bits per heavy atom. The Bertz CT molecular complexity index is 5530. The number of allylic oxidation sites excluding steroid dienone is 3. The summed E-state index contributed by atoms with van der Waals surface area (Å²) in [6.07, 6.45) is 20.2. The van der Waals surface area contributed by atoms with Crippen LogP contribution in [0.15, 0.2) is 319 Å². The van der Waals surface area contributed by atoms with Gasteiger partial charge in [-0.05, 0) is 195 Å². The number of thiophene rings is 1. The molecule has 0 amide bonds. The van der Waals surface area contributed by atoms with Crippen molar-refractivity contribution in [2.24, 2.45) is 0 Å². The molecule has 13 aromatic rings. The Hall–Kier alpha value is -15.8. The lowest BCUT2D eigenvalue weighted by Crippen LogP contribution is -2.08. The molecule has 1 aliphatic carbocycles. The zero-order chi connectivity index (χ0) is 95.2. The van der Waals surface area contributed by atoms with Crippen LogP contribution in [0.4, 0.5) is 62.6 Å². The van der Waals surface area contributed by atoms with Gasteiger partial charge in [-0.1, -0.05) is 200 Å². The number of carboxylic acids is 5. The second-order valence-electron chi connectivity index (χ2n) is 29.6. The highest BCUT2D eigenvalue weighted by atomic mass is 32.1. The maximum absolute atomic E-state index is 11.7. The van der Waals surface area contributed by atoms with E-state index in [1.165, 1.54) is 6.07 Å². The van der Waals surface area contributed by atoms with Crippen molar-refractivity contribution in [1.82, 2.24) is 0 Å². The first kappa shape index (κ1) is 103. The fourth-order valence-electron chi connectivity index (χ4n) is 12.4. The Kier molecular flexibility index (Phi) is 44.7. The minimum absolute atomic E-state index is 0.136. The van der Waals surface area contributed by atoms with Crippen LogP contribution >= 0.6 is 11.3 Å². The molecule has 133 heavy (non-hydrogen) atoms. The summed E-state index contributed by atoms with van der Waals surface area (Å²) >= 11 is 1.71. The van der Waals surface area contributed by atoms with E-state index in [9.17, 15) is 44.4 Å². The zero-order valence-corrected chi connectivity index (χ0v) is 76.8. The summed E-state index contributed by atoms with van der Waals surface area (Å²) in [5, 5.41) is 80.0. The molecule has 0 radical (unpaired) electrons. The molecule has 0 aliphatic heterocycles. The van der Waals surface area contributed by atoms with Gasteiger partial charge in [0.2, 0.25) is 0 Å². The van der Waals surface area contributed by atoms with Crippen molar-refractivity contribution in [3.63, 3.8) is 0 Å². The average Bonchev–Trinajstić information content (AvgIpc) is 1.14. The van der Waals surface area contributed by atoms with Gasteiger partial charge in [0, 0.05) is 64.6 Å². The summed E-state index contributed by atoms with van der Waals surface area (Å²) in [4.78, 5) is 57.1. The first-order valence-corrected chi connectivity index (χ1v) is 45.1. The molecule has 0 saturated heterocycles. The number of unbranched alkanes of at least 4 members (excludes halogenated alkanes) is 5. The van der Waals surface area contributed by atoms with Crippen molar-refractivity contribution in [2.75, 3.05) is 100 Å². The van der Waals surface area contributed by atoms with E-state index in [1.54, 1.807) is 92.6 Å². The summed E-state index contributed by atoms with van der Waals surface area (Å²) in [5.74, 6) is 1.32. The second-order valence-corrected chi connectivity index (χ2v) is 30.4.